The Kier molecular flexibility index (Phi) is 0.898. The molecule has 0 radical (unpaired) electrons. The van der Waals surface area contributed by atoms with Crippen LogP contribution in [0.15, 0.2) is 16.9 Å². The highest BCUT2D eigenvalue weighted by Gasteiger charge is 1.83. The largest absolute Gasteiger partial charge is 0.364 e. The third-order valence-electron chi connectivity index (χ3n) is 0.606. The SMILES string of the molecule is N=Cc1ccon1. The van der Waals surface area contributed by atoms with Crippen LogP contribution in [-0.2, 0) is 0 Å². The van der Waals surface area contributed by atoms with Crippen LogP contribution in [0.5, 0.6) is 0 Å². The summed E-state index contributed by atoms with van der Waals surface area (Å²) in [6.07, 6.45) is 2.56. The van der Waals surface area contributed by atoms with Gasteiger partial charge in [0.2, 0.25) is 0 Å². The lowest BCUT2D eigenvalue weighted by Crippen LogP contribution is -1.72. The van der Waals surface area contributed by atoms with Crippen LogP contribution in [0.1, 0.15) is 5.69 Å². The molecule has 0 spiro atoms. The van der Waals surface area contributed by atoms with E-state index in [0.29, 0.717) is 5.69 Å². The van der Waals surface area contributed by atoms with Crippen molar-refractivity contribution in [2.45, 2.75) is 0 Å². The number of hydrogen-bond donors (Lipinski definition) is 1. The maximum Gasteiger partial charge on any atom is 0.124 e. The molecule has 0 atom stereocenters. The molecule has 1 aromatic rings. The average molecular weight is 96.1 g/mol. The molecule has 3 heteroatoms. The first-order chi connectivity index (χ1) is 3.43. The van der Waals surface area contributed by atoms with Crippen LogP contribution >= 0.6 is 0 Å². The molecule has 0 saturated heterocycles. The van der Waals surface area contributed by atoms with E-state index in [2.05, 4.69) is 9.68 Å². The lowest BCUT2D eigenvalue weighted by molar-refractivity contribution is 0.419. The van der Waals surface area contributed by atoms with Gasteiger partial charge in [-0.05, 0) is 0 Å². The van der Waals surface area contributed by atoms with Crippen LogP contribution in [0.3, 0.4) is 0 Å². The Morgan fingerprint density at radius 1 is 1.86 bits per heavy atom. The minimum Gasteiger partial charge on any atom is -0.364 e. The highest BCUT2D eigenvalue weighted by molar-refractivity contribution is 5.73. The molecule has 3 nitrogen and oxygen atoms in total. The van der Waals surface area contributed by atoms with E-state index in [-0.39, 0.29) is 0 Å². The van der Waals surface area contributed by atoms with Gasteiger partial charge in [0.05, 0.1) is 0 Å². The van der Waals surface area contributed by atoms with Gasteiger partial charge in [0, 0.05) is 12.3 Å². The van der Waals surface area contributed by atoms with Gasteiger partial charge in [0.25, 0.3) is 0 Å². The molecular formula is C4H4N2O. The predicted molar refractivity (Wildman–Crippen MR) is 24.4 cm³/mol. The van der Waals surface area contributed by atoms with Gasteiger partial charge in [-0.25, -0.2) is 0 Å². The standard InChI is InChI=1S/C4H4N2O/c5-3-4-1-2-7-6-4/h1-3,5H. The molecule has 1 N–H and O–H groups in total. The molecule has 0 aromatic carbocycles. The van der Waals surface area contributed by atoms with Gasteiger partial charge in [-0.2, -0.15) is 0 Å². The molecule has 0 fully saturated rings. The van der Waals surface area contributed by atoms with Crippen LogP contribution in [0.2, 0.25) is 0 Å². The van der Waals surface area contributed by atoms with E-state index in [4.69, 9.17) is 5.41 Å². The van der Waals surface area contributed by atoms with E-state index < -0.39 is 0 Å². The first-order valence-electron chi connectivity index (χ1n) is 1.84. The minimum atomic E-state index is 0.556. The van der Waals surface area contributed by atoms with Crippen molar-refractivity contribution in [3.8, 4) is 0 Å². The average Bonchev–Trinajstić information content (AvgIpc) is 2.14. The maximum atomic E-state index is 6.61. The summed E-state index contributed by atoms with van der Waals surface area (Å²) in [5.41, 5.74) is 0.556. The second-order valence-electron chi connectivity index (χ2n) is 1.07. The number of hydrogen-bond acceptors (Lipinski definition) is 3. The van der Waals surface area contributed by atoms with Crippen LogP contribution in [-0.4, -0.2) is 11.4 Å². The fraction of sp³-hybridized carbons (Fsp3) is 0. The van der Waals surface area contributed by atoms with Crippen LogP contribution in [0, 0.1) is 5.41 Å². The number of nitrogens with one attached hydrogen (secondary N) is 1. The topological polar surface area (TPSA) is 49.9 Å². The summed E-state index contributed by atoms with van der Waals surface area (Å²) < 4.78 is 4.40. The number of rotatable bonds is 1. The fourth-order valence-electron chi connectivity index (χ4n) is 0.296. The van der Waals surface area contributed by atoms with Gasteiger partial charge >= 0.3 is 0 Å². The highest BCUT2D eigenvalue weighted by atomic mass is 16.5. The second kappa shape index (κ2) is 1.55. The lowest BCUT2D eigenvalue weighted by Gasteiger charge is -1.66. The van der Waals surface area contributed by atoms with Crippen molar-refractivity contribution >= 4 is 6.21 Å². The molecular weight excluding hydrogens is 92.1 g/mol. The zero-order valence-corrected chi connectivity index (χ0v) is 3.59. The molecule has 0 unspecified atom stereocenters. The summed E-state index contributed by atoms with van der Waals surface area (Å²) in [5, 5.41) is 10.0. The van der Waals surface area contributed by atoms with Gasteiger partial charge < -0.3 is 9.93 Å². The molecule has 36 valence electrons. The molecule has 1 heterocycles. The molecule has 0 bridgehead atoms. The van der Waals surface area contributed by atoms with Gasteiger partial charge in [0.1, 0.15) is 12.0 Å². The van der Waals surface area contributed by atoms with E-state index in [1.165, 1.54) is 6.26 Å². The van der Waals surface area contributed by atoms with Gasteiger partial charge in [0.15, 0.2) is 0 Å². The third-order valence-corrected chi connectivity index (χ3v) is 0.606. The van der Waals surface area contributed by atoms with Crippen molar-refractivity contribution < 1.29 is 4.52 Å². The van der Waals surface area contributed by atoms with E-state index >= 15 is 0 Å². The quantitative estimate of drug-likeness (QED) is 0.522. The molecule has 1 aromatic heterocycles. The van der Waals surface area contributed by atoms with Crippen molar-refractivity contribution in [1.29, 1.82) is 5.41 Å². The molecule has 0 saturated carbocycles. The van der Waals surface area contributed by atoms with E-state index in [9.17, 15) is 0 Å². The summed E-state index contributed by atoms with van der Waals surface area (Å²) in [7, 11) is 0. The Balaban J connectivity index is 2.96. The summed E-state index contributed by atoms with van der Waals surface area (Å²) in [4.78, 5) is 0. The molecule has 1 rings (SSSR count). The Labute approximate surface area is 40.4 Å². The fourth-order valence-corrected chi connectivity index (χ4v) is 0.296. The van der Waals surface area contributed by atoms with Crippen LogP contribution < -0.4 is 0 Å². The Bertz CT molecular complexity index is 145. The Hall–Kier alpha value is -1.12. The highest BCUT2D eigenvalue weighted by Crippen LogP contribution is 1.85. The molecule has 0 aliphatic rings. The Morgan fingerprint density at radius 2 is 2.71 bits per heavy atom. The van der Waals surface area contributed by atoms with Gasteiger partial charge in [-0.3, -0.25) is 0 Å². The van der Waals surface area contributed by atoms with Crippen LogP contribution in [0.25, 0.3) is 0 Å². The first-order valence-corrected chi connectivity index (χ1v) is 1.84. The van der Waals surface area contributed by atoms with Crippen molar-refractivity contribution in [1.82, 2.24) is 5.16 Å². The molecule has 0 aliphatic carbocycles. The summed E-state index contributed by atoms with van der Waals surface area (Å²) >= 11 is 0. The van der Waals surface area contributed by atoms with E-state index in [1.807, 2.05) is 0 Å². The second-order valence-corrected chi connectivity index (χ2v) is 1.07. The minimum absolute atomic E-state index is 0.556. The van der Waals surface area contributed by atoms with Crippen molar-refractivity contribution in [3.05, 3.63) is 18.0 Å². The summed E-state index contributed by atoms with van der Waals surface area (Å²) in [5.74, 6) is 0. The van der Waals surface area contributed by atoms with Crippen molar-refractivity contribution in [2.24, 2.45) is 0 Å². The van der Waals surface area contributed by atoms with Crippen molar-refractivity contribution in [2.75, 3.05) is 0 Å². The number of nitrogens with zero attached hydrogens (tertiary/aromatic N) is 1. The normalized spacial score (nSPS) is 8.57. The number of aromatic nitrogens is 1. The third kappa shape index (κ3) is 0.652. The van der Waals surface area contributed by atoms with Crippen LogP contribution in [0.4, 0.5) is 0 Å². The molecule has 0 amide bonds. The zero-order chi connectivity index (χ0) is 5.11. The van der Waals surface area contributed by atoms with Crippen molar-refractivity contribution in [3.63, 3.8) is 0 Å². The molecule has 7 heavy (non-hydrogen) atoms. The van der Waals surface area contributed by atoms with Gasteiger partial charge in [-0.1, -0.05) is 5.16 Å². The van der Waals surface area contributed by atoms with E-state index in [1.54, 1.807) is 6.07 Å². The van der Waals surface area contributed by atoms with E-state index in [0.717, 1.165) is 6.21 Å². The Morgan fingerprint density at radius 3 is 3.00 bits per heavy atom. The lowest BCUT2D eigenvalue weighted by atomic mass is 10.5. The van der Waals surface area contributed by atoms with Gasteiger partial charge in [-0.15, -0.1) is 0 Å². The predicted octanol–water partition coefficient (Wildman–Crippen LogP) is 0.672. The smallest absolute Gasteiger partial charge is 0.124 e. The summed E-state index contributed by atoms with van der Waals surface area (Å²) in [6.45, 7) is 0. The molecule has 0 aliphatic heterocycles. The monoisotopic (exact) mass is 96.0 g/mol. The summed E-state index contributed by atoms with van der Waals surface area (Å²) in [6, 6.07) is 1.62. The first kappa shape index (κ1) is 4.05. The zero-order valence-electron chi connectivity index (χ0n) is 3.59. The maximum absolute atomic E-state index is 6.61.